The van der Waals surface area contributed by atoms with Crippen molar-refractivity contribution in [2.75, 3.05) is 32.7 Å². The molecule has 1 saturated heterocycles. The van der Waals surface area contributed by atoms with Gasteiger partial charge in [-0.2, -0.15) is 0 Å². The lowest BCUT2D eigenvalue weighted by molar-refractivity contribution is 0.0624. The van der Waals surface area contributed by atoms with Crippen molar-refractivity contribution < 1.29 is 4.79 Å². The van der Waals surface area contributed by atoms with Crippen LogP contribution in [0.3, 0.4) is 0 Å². The number of benzene rings is 1. The molecule has 2 heterocycles. The van der Waals surface area contributed by atoms with Crippen molar-refractivity contribution in [3.05, 3.63) is 23.8 Å². The molecule has 1 fully saturated rings. The molecule has 23 heavy (non-hydrogen) atoms. The van der Waals surface area contributed by atoms with Crippen LogP contribution in [0.1, 0.15) is 31.1 Å². The topological polar surface area (TPSA) is 54.3 Å². The molecule has 1 amide bonds. The fraction of sp³-hybridized carbons (Fsp3) is 0.588. The predicted molar refractivity (Wildman–Crippen MR) is 90.4 cm³/mol. The first-order valence-electron chi connectivity index (χ1n) is 8.43. The van der Waals surface area contributed by atoms with Crippen LogP contribution >= 0.6 is 0 Å². The zero-order chi connectivity index (χ0) is 16.4. The summed E-state index contributed by atoms with van der Waals surface area (Å²) >= 11 is 0. The van der Waals surface area contributed by atoms with Crippen LogP contribution in [0.5, 0.6) is 0 Å². The van der Waals surface area contributed by atoms with Crippen molar-refractivity contribution in [3.8, 4) is 0 Å². The van der Waals surface area contributed by atoms with E-state index < -0.39 is 0 Å². The summed E-state index contributed by atoms with van der Waals surface area (Å²) in [6, 6.07) is 5.69. The van der Waals surface area contributed by atoms with Gasteiger partial charge in [-0.3, -0.25) is 9.69 Å². The number of hydrogen-bond donors (Lipinski definition) is 0. The Kier molecular flexibility index (Phi) is 4.61. The monoisotopic (exact) mass is 315 g/mol. The molecule has 124 valence electrons. The highest BCUT2D eigenvalue weighted by atomic mass is 16.2. The third kappa shape index (κ3) is 3.37. The van der Waals surface area contributed by atoms with Gasteiger partial charge in [0.2, 0.25) is 0 Å². The van der Waals surface area contributed by atoms with Crippen LogP contribution in [-0.2, 0) is 6.54 Å². The number of amides is 1. The van der Waals surface area contributed by atoms with Crippen molar-refractivity contribution in [3.63, 3.8) is 0 Å². The van der Waals surface area contributed by atoms with Gasteiger partial charge in [-0.25, -0.2) is 4.68 Å². The fourth-order valence-corrected chi connectivity index (χ4v) is 3.17. The van der Waals surface area contributed by atoms with Crippen LogP contribution in [-0.4, -0.2) is 63.4 Å². The summed E-state index contributed by atoms with van der Waals surface area (Å²) in [7, 11) is 0. The summed E-state index contributed by atoms with van der Waals surface area (Å²) in [4.78, 5) is 17.1. The number of carbonyl (C=O) groups is 1. The van der Waals surface area contributed by atoms with Crippen molar-refractivity contribution in [2.24, 2.45) is 5.92 Å². The van der Waals surface area contributed by atoms with Crippen LogP contribution in [0.25, 0.3) is 11.0 Å². The molecule has 0 saturated carbocycles. The van der Waals surface area contributed by atoms with E-state index in [9.17, 15) is 4.79 Å². The van der Waals surface area contributed by atoms with Crippen molar-refractivity contribution in [2.45, 2.75) is 27.3 Å². The van der Waals surface area contributed by atoms with Gasteiger partial charge in [0.05, 0.1) is 5.52 Å². The molecule has 2 aromatic rings. The van der Waals surface area contributed by atoms with E-state index in [0.717, 1.165) is 50.3 Å². The summed E-state index contributed by atoms with van der Waals surface area (Å²) < 4.78 is 1.84. The third-order valence-electron chi connectivity index (χ3n) is 4.34. The highest BCUT2D eigenvalue weighted by molar-refractivity contribution is 5.97. The summed E-state index contributed by atoms with van der Waals surface area (Å²) in [6.07, 6.45) is 0. The van der Waals surface area contributed by atoms with E-state index in [4.69, 9.17) is 0 Å². The number of piperazine rings is 1. The minimum absolute atomic E-state index is 0.0992. The number of hydrogen-bond acceptors (Lipinski definition) is 4. The van der Waals surface area contributed by atoms with Gasteiger partial charge in [-0.05, 0) is 31.0 Å². The van der Waals surface area contributed by atoms with E-state index in [1.54, 1.807) is 0 Å². The Morgan fingerprint density at radius 3 is 2.61 bits per heavy atom. The number of carbonyl (C=O) groups excluding carboxylic acids is 1. The summed E-state index contributed by atoms with van der Waals surface area (Å²) in [5, 5.41) is 8.26. The van der Waals surface area contributed by atoms with Gasteiger partial charge in [0.1, 0.15) is 5.52 Å². The maximum Gasteiger partial charge on any atom is 0.254 e. The average Bonchev–Trinajstić information content (AvgIpc) is 2.96. The quantitative estimate of drug-likeness (QED) is 0.864. The lowest BCUT2D eigenvalue weighted by Crippen LogP contribution is -2.49. The normalized spacial score (nSPS) is 16.4. The minimum atomic E-state index is 0.0992. The lowest BCUT2D eigenvalue weighted by atomic mass is 10.1. The molecule has 0 aliphatic carbocycles. The van der Waals surface area contributed by atoms with Crippen LogP contribution in [0.4, 0.5) is 0 Å². The number of nitrogens with zero attached hydrogens (tertiary/aromatic N) is 5. The molecule has 0 spiro atoms. The second-order valence-corrected chi connectivity index (χ2v) is 6.60. The number of rotatable bonds is 4. The molecule has 1 aliphatic heterocycles. The Morgan fingerprint density at radius 2 is 1.96 bits per heavy atom. The largest absolute Gasteiger partial charge is 0.336 e. The molecular weight excluding hydrogens is 290 g/mol. The van der Waals surface area contributed by atoms with E-state index >= 15 is 0 Å². The van der Waals surface area contributed by atoms with Crippen molar-refractivity contribution in [1.82, 2.24) is 24.8 Å². The first-order valence-corrected chi connectivity index (χ1v) is 8.43. The SMILES string of the molecule is CCn1nnc2cc(C(=O)N3CCN(CC(C)C)CC3)ccc21. The van der Waals surface area contributed by atoms with Gasteiger partial charge in [0.15, 0.2) is 0 Å². The molecule has 6 nitrogen and oxygen atoms in total. The molecule has 1 aromatic carbocycles. The molecule has 0 unspecified atom stereocenters. The Hall–Kier alpha value is -1.95. The van der Waals surface area contributed by atoms with Gasteiger partial charge < -0.3 is 4.90 Å². The first-order chi connectivity index (χ1) is 11.1. The van der Waals surface area contributed by atoms with E-state index in [-0.39, 0.29) is 5.91 Å². The highest BCUT2D eigenvalue weighted by Crippen LogP contribution is 2.16. The standard InChI is InChI=1S/C17H25N5O/c1-4-22-16-6-5-14(11-15(16)18-19-22)17(23)21-9-7-20(8-10-21)12-13(2)3/h5-6,11,13H,4,7-10,12H2,1-3H3. The predicted octanol–water partition coefficient (Wildman–Crippen LogP) is 1.86. The Morgan fingerprint density at radius 1 is 1.22 bits per heavy atom. The fourth-order valence-electron chi connectivity index (χ4n) is 3.17. The molecule has 6 heteroatoms. The van der Waals surface area contributed by atoms with Crippen LogP contribution in [0, 0.1) is 5.92 Å². The summed E-state index contributed by atoms with van der Waals surface area (Å²) in [5.74, 6) is 0.767. The molecule has 1 aromatic heterocycles. The van der Waals surface area contributed by atoms with Gasteiger partial charge in [0, 0.05) is 44.8 Å². The highest BCUT2D eigenvalue weighted by Gasteiger charge is 2.22. The zero-order valence-electron chi connectivity index (χ0n) is 14.2. The Bertz CT molecular complexity index is 685. The Labute approximate surface area is 137 Å². The molecular formula is C17H25N5O. The van der Waals surface area contributed by atoms with Gasteiger partial charge in [-0.1, -0.05) is 19.1 Å². The maximum absolute atomic E-state index is 12.7. The lowest BCUT2D eigenvalue weighted by Gasteiger charge is -2.35. The Balaban J connectivity index is 1.69. The van der Waals surface area contributed by atoms with E-state index in [0.29, 0.717) is 11.5 Å². The molecule has 1 aliphatic rings. The zero-order valence-corrected chi connectivity index (χ0v) is 14.2. The number of fused-ring (bicyclic) bond motifs is 1. The minimum Gasteiger partial charge on any atom is -0.336 e. The number of aromatic nitrogens is 3. The van der Waals surface area contributed by atoms with E-state index in [2.05, 4.69) is 29.1 Å². The molecule has 0 atom stereocenters. The van der Waals surface area contributed by atoms with Gasteiger partial charge in [-0.15, -0.1) is 5.10 Å². The summed E-state index contributed by atoms with van der Waals surface area (Å²) in [5.41, 5.74) is 2.47. The van der Waals surface area contributed by atoms with Gasteiger partial charge >= 0.3 is 0 Å². The first kappa shape index (κ1) is 15.9. The van der Waals surface area contributed by atoms with Crippen LogP contribution in [0.15, 0.2) is 18.2 Å². The molecule has 0 bridgehead atoms. The molecule has 0 N–H and O–H groups in total. The maximum atomic E-state index is 12.7. The smallest absolute Gasteiger partial charge is 0.254 e. The second kappa shape index (κ2) is 6.66. The molecule has 0 radical (unpaired) electrons. The molecule has 3 rings (SSSR count). The van der Waals surface area contributed by atoms with Crippen LogP contribution < -0.4 is 0 Å². The van der Waals surface area contributed by atoms with Crippen molar-refractivity contribution >= 4 is 16.9 Å². The number of aryl methyl sites for hydroxylation is 1. The van der Waals surface area contributed by atoms with E-state index in [1.165, 1.54) is 0 Å². The second-order valence-electron chi connectivity index (χ2n) is 6.60. The summed E-state index contributed by atoms with van der Waals surface area (Å²) in [6.45, 7) is 11.9. The average molecular weight is 315 g/mol. The van der Waals surface area contributed by atoms with Crippen LogP contribution in [0.2, 0.25) is 0 Å². The third-order valence-corrected chi connectivity index (χ3v) is 4.34. The van der Waals surface area contributed by atoms with Crippen molar-refractivity contribution in [1.29, 1.82) is 0 Å². The van der Waals surface area contributed by atoms with Gasteiger partial charge in [0.25, 0.3) is 5.91 Å². The van der Waals surface area contributed by atoms with E-state index in [1.807, 2.05) is 34.7 Å².